The Morgan fingerprint density at radius 1 is 1.21 bits per heavy atom. The number of nitrogens with one attached hydrogen (secondary N) is 1. The monoisotopic (exact) mass is 259 g/mol. The lowest BCUT2D eigenvalue weighted by atomic mass is 10.1. The number of aryl methyl sites for hydroxylation is 1. The van der Waals surface area contributed by atoms with Crippen molar-refractivity contribution in [1.82, 2.24) is 25.3 Å². The fourth-order valence-electron chi connectivity index (χ4n) is 2.11. The van der Waals surface area contributed by atoms with Gasteiger partial charge in [-0.25, -0.2) is 4.68 Å². The van der Waals surface area contributed by atoms with E-state index in [9.17, 15) is 0 Å². The van der Waals surface area contributed by atoms with E-state index in [4.69, 9.17) is 0 Å². The molecule has 1 atom stereocenters. The van der Waals surface area contributed by atoms with Gasteiger partial charge in [-0.05, 0) is 37.1 Å². The second-order valence-electron chi connectivity index (χ2n) is 4.55. The van der Waals surface area contributed by atoms with Crippen molar-refractivity contribution in [1.29, 1.82) is 0 Å². The molecule has 0 spiro atoms. The van der Waals surface area contributed by atoms with Crippen LogP contribution in [0.25, 0.3) is 0 Å². The number of nitrogens with zero attached hydrogens (tertiary/aromatic N) is 4. The molecule has 0 bridgehead atoms. The molecule has 0 saturated carbocycles. The highest BCUT2D eigenvalue weighted by atomic mass is 15.4. The molecule has 0 aliphatic heterocycles. The molecule has 5 heteroatoms. The predicted molar refractivity (Wildman–Crippen MR) is 74.7 cm³/mol. The fourth-order valence-corrected chi connectivity index (χ4v) is 2.11. The summed E-state index contributed by atoms with van der Waals surface area (Å²) in [5.74, 6) is 0. The highest BCUT2D eigenvalue weighted by Crippen LogP contribution is 2.20. The van der Waals surface area contributed by atoms with Crippen molar-refractivity contribution in [3.05, 3.63) is 42.0 Å². The lowest BCUT2D eigenvalue weighted by molar-refractivity contribution is 0.504. The minimum absolute atomic E-state index is 0.129. The molecule has 2 heterocycles. The van der Waals surface area contributed by atoms with E-state index in [2.05, 4.69) is 34.5 Å². The van der Waals surface area contributed by atoms with Crippen LogP contribution in [0.5, 0.6) is 0 Å². The van der Waals surface area contributed by atoms with E-state index in [1.54, 1.807) is 0 Å². The van der Waals surface area contributed by atoms with Crippen molar-refractivity contribution in [2.45, 2.75) is 39.3 Å². The maximum atomic E-state index is 4.17. The Balaban J connectivity index is 2.29. The van der Waals surface area contributed by atoms with E-state index in [-0.39, 0.29) is 6.04 Å². The third-order valence-electron chi connectivity index (χ3n) is 3.02. The molecular weight excluding hydrogens is 238 g/mol. The SMILES string of the molecule is CCCNC(c1ccncc1)c1cnnn1CCC. The van der Waals surface area contributed by atoms with Crippen LogP contribution < -0.4 is 5.32 Å². The van der Waals surface area contributed by atoms with Crippen LogP contribution in [0.4, 0.5) is 0 Å². The molecule has 2 aromatic heterocycles. The van der Waals surface area contributed by atoms with Crippen LogP contribution >= 0.6 is 0 Å². The molecule has 1 unspecified atom stereocenters. The van der Waals surface area contributed by atoms with Gasteiger partial charge in [-0.2, -0.15) is 0 Å². The van der Waals surface area contributed by atoms with Crippen molar-refractivity contribution in [3.63, 3.8) is 0 Å². The number of hydrogen-bond acceptors (Lipinski definition) is 4. The predicted octanol–water partition coefficient (Wildman–Crippen LogP) is 2.17. The summed E-state index contributed by atoms with van der Waals surface area (Å²) in [5, 5.41) is 11.8. The van der Waals surface area contributed by atoms with Gasteiger partial charge in [0, 0.05) is 18.9 Å². The Hall–Kier alpha value is -1.75. The molecule has 1 N–H and O–H groups in total. The third-order valence-corrected chi connectivity index (χ3v) is 3.02. The van der Waals surface area contributed by atoms with Crippen molar-refractivity contribution in [3.8, 4) is 0 Å². The molecule has 2 aromatic rings. The first-order valence-electron chi connectivity index (χ1n) is 6.88. The summed E-state index contributed by atoms with van der Waals surface area (Å²) in [6.07, 6.45) is 7.64. The highest BCUT2D eigenvalue weighted by Gasteiger charge is 2.18. The second-order valence-corrected chi connectivity index (χ2v) is 4.55. The molecule has 0 fully saturated rings. The molecule has 0 aromatic carbocycles. The van der Waals surface area contributed by atoms with Gasteiger partial charge in [0.1, 0.15) is 0 Å². The normalized spacial score (nSPS) is 12.5. The van der Waals surface area contributed by atoms with E-state index in [0.29, 0.717) is 0 Å². The van der Waals surface area contributed by atoms with Gasteiger partial charge in [-0.1, -0.05) is 19.1 Å². The van der Waals surface area contributed by atoms with Gasteiger partial charge in [0.15, 0.2) is 0 Å². The van der Waals surface area contributed by atoms with Crippen LogP contribution in [0.2, 0.25) is 0 Å². The quantitative estimate of drug-likeness (QED) is 0.828. The van der Waals surface area contributed by atoms with Gasteiger partial charge in [0.05, 0.1) is 17.9 Å². The molecule has 0 aliphatic rings. The van der Waals surface area contributed by atoms with E-state index in [1.165, 1.54) is 5.56 Å². The first kappa shape index (κ1) is 13.7. The maximum absolute atomic E-state index is 4.17. The first-order valence-corrected chi connectivity index (χ1v) is 6.88. The first-order chi connectivity index (χ1) is 9.36. The highest BCUT2D eigenvalue weighted by molar-refractivity contribution is 5.24. The van der Waals surface area contributed by atoms with Crippen LogP contribution in [0, 0.1) is 0 Å². The number of hydrogen-bond donors (Lipinski definition) is 1. The third kappa shape index (κ3) is 3.38. The Bertz CT molecular complexity index is 480. The molecule has 0 saturated heterocycles. The fraction of sp³-hybridized carbons (Fsp3) is 0.500. The Labute approximate surface area is 114 Å². The molecular formula is C14H21N5. The summed E-state index contributed by atoms with van der Waals surface area (Å²) in [5.41, 5.74) is 2.31. The van der Waals surface area contributed by atoms with Gasteiger partial charge in [-0.3, -0.25) is 4.98 Å². The van der Waals surface area contributed by atoms with Gasteiger partial charge < -0.3 is 5.32 Å². The van der Waals surface area contributed by atoms with Gasteiger partial charge >= 0.3 is 0 Å². The van der Waals surface area contributed by atoms with Crippen LogP contribution in [0.3, 0.4) is 0 Å². The van der Waals surface area contributed by atoms with Gasteiger partial charge in [0.2, 0.25) is 0 Å². The largest absolute Gasteiger partial charge is 0.305 e. The van der Waals surface area contributed by atoms with E-state index >= 15 is 0 Å². The molecule has 0 radical (unpaired) electrons. The van der Waals surface area contributed by atoms with E-state index in [0.717, 1.165) is 31.6 Å². The summed E-state index contributed by atoms with van der Waals surface area (Å²) in [6, 6.07) is 4.21. The zero-order chi connectivity index (χ0) is 13.5. The molecule has 19 heavy (non-hydrogen) atoms. The van der Waals surface area contributed by atoms with E-state index < -0.39 is 0 Å². The molecule has 5 nitrogen and oxygen atoms in total. The van der Waals surface area contributed by atoms with Crippen molar-refractivity contribution in [2.75, 3.05) is 6.54 Å². The van der Waals surface area contributed by atoms with Crippen LogP contribution in [0.15, 0.2) is 30.7 Å². The Morgan fingerprint density at radius 3 is 2.68 bits per heavy atom. The smallest absolute Gasteiger partial charge is 0.0802 e. The number of aromatic nitrogens is 4. The summed E-state index contributed by atoms with van der Waals surface area (Å²) in [6.45, 7) is 6.17. The summed E-state index contributed by atoms with van der Waals surface area (Å²) >= 11 is 0. The van der Waals surface area contributed by atoms with Crippen molar-refractivity contribution < 1.29 is 0 Å². The van der Waals surface area contributed by atoms with Gasteiger partial charge in [0.25, 0.3) is 0 Å². The number of pyridine rings is 1. The Kier molecular flexibility index (Phi) is 5.03. The molecule has 0 amide bonds. The summed E-state index contributed by atoms with van der Waals surface area (Å²) < 4.78 is 1.98. The summed E-state index contributed by atoms with van der Waals surface area (Å²) in [7, 11) is 0. The van der Waals surface area contributed by atoms with Crippen molar-refractivity contribution in [2.24, 2.45) is 0 Å². The van der Waals surface area contributed by atoms with Crippen LogP contribution in [-0.4, -0.2) is 26.5 Å². The van der Waals surface area contributed by atoms with E-state index in [1.807, 2.05) is 35.4 Å². The second kappa shape index (κ2) is 6.99. The molecule has 2 rings (SSSR count). The average Bonchev–Trinajstić information content (AvgIpc) is 2.89. The summed E-state index contributed by atoms with van der Waals surface area (Å²) in [4.78, 5) is 4.08. The van der Waals surface area contributed by atoms with Crippen molar-refractivity contribution >= 4 is 0 Å². The minimum atomic E-state index is 0.129. The topological polar surface area (TPSA) is 55.6 Å². The van der Waals surface area contributed by atoms with Crippen LogP contribution in [-0.2, 0) is 6.54 Å². The zero-order valence-corrected chi connectivity index (χ0v) is 11.6. The standard InChI is InChI=1S/C14H21N5/c1-3-7-16-14(12-5-8-15-9-6-12)13-11-17-18-19(13)10-4-2/h5-6,8-9,11,14,16H,3-4,7,10H2,1-2H3. The lowest BCUT2D eigenvalue weighted by Gasteiger charge is -2.19. The van der Waals surface area contributed by atoms with Gasteiger partial charge in [-0.15, -0.1) is 5.10 Å². The minimum Gasteiger partial charge on any atom is -0.305 e. The Morgan fingerprint density at radius 2 is 2.00 bits per heavy atom. The maximum Gasteiger partial charge on any atom is 0.0802 e. The molecule has 102 valence electrons. The average molecular weight is 259 g/mol. The zero-order valence-electron chi connectivity index (χ0n) is 11.6. The number of rotatable bonds is 7. The lowest BCUT2D eigenvalue weighted by Crippen LogP contribution is -2.26. The van der Waals surface area contributed by atoms with Crippen LogP contribution in [0.1, 0.15) is 44.0 Å². The molecule has 0 aliphatic carbocycles.